The molecule has 30 heavy (non-hydrogen) atoms. The number of rotatable bonds is 4. The minimum absolute atomic E-state index is 0.0271. The van der Waals surface area contributed by atoms with Gasteiger partial charge in [-0.25, -0.2) is 0 Å². The second-order valence-corrected chi connectivity index (χ2v) is 8.56. The van der Waals surface area contributed by atoms with E-state index in [0.717, 1.165) is 12.0 Å². The van der Waals surface area contributed by atoms with Gasteiger partial charge in [0.15, 0.2) is 0 Å². The van der Waals surface area contributed by atoms with Crippen LogP contribution in [-0.2, 0) is 13.0 Å². The minimum Gasteiger partial charge on any atom is -0.496 e. The molecule has 0 atom stereocenters. The standard InChI is InChI=1S/C23H21ClN2O3S/c1-14-17(23(28)26-10-8-21-15(13-26)9-11-30-21)4-3-5-19(14)25-22(27)18-12-16(24)6-7-20(18)29-2/h3-7,9,11-12H,8,10,13H2,1-2H3,(H,25,27). The van der Waals surface area contributed by atoms with Crippen LogP contribution >= 0.6 is 22.9 Å². The SMILES string of the molecule is COc1ccc(Cl)cc1C(=O)Nc1cccc(C(=O)N2CCc3sccc3C2)c1C. The largest absolute Gasteiger partial charge is 0.496 e. The molecule has 1 aliphatic heterocycles. The molecule has 0 unspecified atom stereocenters. The Kier molecular flexibility index (Phi) is 5.79. The zero-order valence-corrected chi connectivity index (χ0v) is 18.3. The van der Waals surface area contributed by atoms with Crippen molar-refractivity contribution in [2.24, 2.45) is 0 Å². The average Bonchev–Trinajstić information content (AvgIpc) is 3.22. The number of anilines is 1. The van der Waals surface area contributed by atoms with Crippen molar-refractivity contribution in [3.05, 3.63) is 80.0 Å². The summed E-state index contributed by atoms with van der Waals surface area (Å²) in [5, 5.41) is 5.41. The van der Waals surface area contributed by atoms with Crippen molar-refractivity contribution < 1.29 is 14.3 Å². The molecular formula is C23H21ClN2O3S. The highest BCUT2D eigenvalue weighted by Crippen LogP contribution is 2.28. The van der Waals surface area contributed by atoms with Gasteiger partial charge in [-0.2, -0.15) is 0 Å². The van der Waals surface area contributed by atoms with Crippen LogP contribution in [0.5, 0.6) is 5.75 Å². The van der Waals surface area contributed by atoms with E-state index in [-0.39, 0.29) is 11.8 Å². The Labute approximate surface area is 184 Å². The van der Waals surface area contributed by atoms with Crippen LogP contribution in [0.15, 0.2) is 47.8 Å². The molecule has 5 nitrogen and oxygen atoms in total. The van der Waals surface area contributed by atoms with E-state index in [1.165, 1.54) is 17.6 Å². The molecule has 0 saturated carbocycles. The number of nitrogens with one attached hydrogen (secondary N) is 1. The molecule has 7 heteroatoms. The fourth-order valence-corrected chi connectivity index (χ4v) is 4.70. The third kappa shape index (κ3) is 3.93. The Morgan fingerprint density at radius 3 is 2.80 bits per heavy atom. The molecule has 2 heterocycles. The first-order valence-corrected chi connectivity index (χ1v) is 10.8. The summed E-state index contributed by atoms with van der Waals surface area (Å²) in [6, 6.07) is 12.3. The summed E-state index contributed by atoms with van der Waals surface area (Å²) in [6.07, 6.45) is 0.878. The minimum atomic E-state index is -0.345. The first kappa shape index (κ1) is 20.4. The third-order valence-corrected chi connectivity index (χ3v) is 6.57. The molecular weight excluding hydrogens is 420 g/mol. The molecule has 0 bridgehead atoms. The van der Waals surface area contributed by atoms with Crippen LogP contribution in [0.25, 0.3) is 0 Å². The Bertz CT molecular complexity index is 1130. The maximum Gasteiger partial charge on any atom is 0.259 e. The number of carbonyl (C=O) groups excluding carboxylic acids is 2. The molecule has 154 valence electrons. The molecule has 0 saturated heterocycles. The summed E-state index contributed by atoms with van der Waals surface area (Å²) in [7, 11) is 1.50. The Hall–Kier alpha value is -2.83. The Morgan fingerprint density at radius 2 is 2.00 bits per heavy atom. The van der Waals surface area contributed by atoms with E-state index in [1.54, 1.807) is 47.7 Å². The molecule has 1 N–H and O–H groups in total. The predicted molar refractivity (Wildman–Crippen MR) is 120 cm³/mol. The molecule has 1 aromatic heterocycles. The second-order valence-electron chi connectivity index (χ2n) is 7.12. The molecule has 3 aromatic rings. The van der Waals surface area contributed by atoms with Gasteiger partial charge in [0, 0.05) is 34.2 Å². The number of ether oxygens (including phenoxy) is 1. The lowest BCUT2D eigenvalue weighted by molar-refractivity contribution is 0.0735. The summed E-state index contributed by atoms with van der Waals surface area (Å²) in [4.78, 5) is 29.2. The number of hydrogen-bond acceptors (Lipinski definition) is 4. The normalized spacial score (nSPS) is 13.0. The highest BCUT2D eigenvalue weighted by Gasteiger charge is 2.24. The van der Waals surface area contributed by atoms with Crippen LogP contribution in [0.4, 0.5) is 5.69 Å². The van der Waals surface area contributed by atoms with E-state index in [4.69, 9.17) is 16.3 Å². The van der Waals surface area contributed by atoms with Crippen molar-refractivity contribution in [2.75, 3.05) is 19.0 Å². The number of fused-ring (bicyclic) bond motifs is 1. The zero-order chi connectivity index (χ0) is 21.3. The van der Waals surface area contributed by atoms with Crippen molar-refractivity contribution in [3.63, 3.8) is 0 Å². The van der Waals surface area contributed by atoms with Gasteiger partial charge in [-0.1, -0.05) is 17.7 Å². The van der Waals surface area contributed by atoms with Gasteiger partial charge in [-0.3, -0.25) is 9.59 Å². The monoisotopic (exact) mass is 440 g/mol. The molecule has 0 radical (unpaired) electrons. The number of carbonyl (C=O) groups is 2. The van der Waals surface area contributed by atoms with Crippen molar-refractivity contribution in [2.45, 2.75) is 19.9 Å². The van der Waals surface area contributed by atoms with E-state index >= 15 is 0 Å². The summed E-state index contributed by atoms with van der Waals surface area (Å²) in [5.41, 5.74) is 3.45. The van der Waals surface area contributed by atoms with Crippen LogP contribution in [0.1, 0.15) is 36.7 Å². The summed E-state index contributed by atoms with van der Waals surface area (Å²) in [5.74, 6) is 0.0605. The summed E-state index contributed by atoms with van der Waals surface area (Å²) in [6.45, 7) is 3.16. The van der Waals surface area contributed by atoms with E-state index in [9.17, 15) is 9.59 Å². The molecule has 0 fully saturated rings. The molecule has 2 amide bonds. The van der Waals surface area contributed by atoms with Crippen LogP contribution in [-0.4, -0.2) is 30.4 Å². The van der Waals surface area contributed by atoms with Gasteiger partial charge < -0.3 is 15.0 Å². The quantitative estimate of drug-likeness (QED) is 0.608. The highest BCUT2D eigenvalue weighted by atomic mass is 35.5. The average molecular weight is 441 g/mol. The first-order valence-electron chi connectivity index (χ1n) is 9.57. The van der Waals surface area contributed by atoms with E-state index < -0.39 is 0 Å². The van der Waals surface area contributed by atoms with Crippen molar-refractivity contribution >= 4 is 40.4 Å². The first-order chi connectivity index (χ1) is 14.5. The fourth-order valence-electron chi connectivity index (χ4n) is 3.64. The van der Waals surface area contributed by atoms with Crippen LogP contribution < -0.4 is 10.1 Å². The lowest BCUT2D eigenvalue weighted by atomic mass is 10.0. The lowest BCUT2D eigenvalue weighted by Gasteiger charge is -2.28. The van der Waals surface area contributed by atoms with Gasteiger partial charge in [0.1, 0.15) is 5.75 Å². The molecule has 0 aliphatic carbocycles. The smallest absolute Gasteiger partial charge is 0.259 e. The Morgan fingerprint density at radius 1 is 1.17 bits per heavy atom. The highest BCUT2D eigenvalue weighted by molar-refractivity contribution is 7.10. The van der Waals surface area contributed by atoms with Crippen molar-refractivity contribution in [1.82, 2.24) is 4.90 Å². The Balaban J connectivity index is 1.57. The van der Waals surface area contributed by atoms with Crippen molar-refractivity contribution in [1.29, 1.82) is 0 Å². The van der Waals surface area contributed by atoms with Crippen LogP contribution in [0.2, 0.25) is 5.02 Å². The number of thiophene rings is 1. The van der Waals surface area contributed by atoms with Gasteiger partial charge >= 0.3 is 0 Å². The van der Waals surface area contributed by atoms with Gasteiger partial charge in [-0.05, 0) is 66.2 Å². The molecule has 2 aromatic carbocycles. The molecule has 0 spiro atoms. The fraction of sp³-hybridized carbons (Fsp3) is 0.217. The third-order valence-electron chi connectivity index (χ3n) is 5.31. The predicted octanol–water partition coefficient (Wildman–Crippen LogP) is 5.17. The maximum atomic E-state index is 13.2. The second kappa shape index (κ2) is 8.50. The summed E-state index contributed by atoms with van der Waals surface area (Å²) < 4.78 is 5.27. The summed E-state index contributed by atoms with van der Waals surface area (Å²) >= 11 is 7.79. The maximum absolute atomic E-state index is 13.2. The number of amides is 2. The zero-order valence-electron chi connectivity index (χ0n) is 16.7. The van der Waals surface area contributed by atoms with Gasteiger partial charge in [0.2, 0.25) is 0 Å². The van der Waals surface area contributed by atoms with E-state index in [0.29, 0.717) is 40.7 Å². The number of benzene rings is 2. The van der Waals surface area contributed by atoms with Gasteiger partial charge in [-0.15, -0.1) is 11.3 Å². The van der Waals surface area contributed by atoms with Gasteiger partial charge in [0.25, 0.3) is 11.8 Å². The molecule has 4 rings (SSSR count). The van der Waals surface area contributed by atoms with Crippen molar-refractivity contribution in [3.8, 4) is 5.75 Å². The number of methoxy groups -OCH3 is 1. The number of nitrogens with zero attached hydrogens (tertiary/aromatic N) is 1. The topological polar surface area (TPSA) is 58.6 Å². The number of hydrogen-bond donors (Lipinski definition) is 1. The number of halogens is 1. The van der Waals surface area contributed by atoms with Crippen LogP contribution in [0.3, 0.4) is 0 Å². The lowest BCUT2D eigenvalue weighted by Crippen LogP contribution is -2.35. The van der Waals surface area contributed by atoms with E-state index in [2.05, 4.69) is 16.8 Å². The molecule has 1 aliphatic rings. The van der Waals surface area contributed by atoms with Gasteiger partial charge in [0.05, 0.1) is 12.7 Å². The van der Waals surface area contributed by atoms with Crippen LogP contribution in [0, 0.1) is 6.92 Å². The van der Waals surface area contributed by atoms with E-state index in [1.807, 2.05) is 11.8 Å².